The average Bonchev–Trinajstić information content (AvgIpc) is 3.06. The number of sulfone groups is 1. The second kappa shape index (κ2) is 27.0. The molecule has 5 nitrogen and oxygen atoms in total. The number of unbranched alkanes of at least 4 members (excludes halogenated alkanes) is 15. The Bertz CT molecular complexity index is 1280. The first-order valence-electron chi connectivity index (χ1n) is 17.4. The highest BCUT2D eigenvalue weighted by molar-refractivity contribution is 9.12. The Morgan fingerprint density at radius 2 is 0.898 bits per heavy atom. The number of benzene rings is 2. The summed E-state index contributed by atoms with van der Waals surface area (Å²) in [6.07, 6.45) is 21.7. The molecule has 2 aromatic carbocycles. The Morgan fingerprint density at radius 3 is 1.27 bits per heavy atom. The quantitative estimate of drug-likeness (QED) is 0.0628. The number of alkyl halides is 3. The van der Waals surface area contributed by atoms with E-state index in [9.17, 15) is 8.42 Å². The lowest BCUT2D eigenvalue weighted by atomic mass is 10.0. The van der Waals surface area contributed by atoms with Crippen LogP contribution >= 0.6 is 112 Å². The molecule has 0 aliphatic carbocycles. The molecule has 2 rings (SSSR count). The van der Waals surface area contributed by atoms with Crippen LogP contribution in [0.3, 0.4) is 0 Å². The maximum Gasteiger partial charge on any atom is 0.206 e. The van der Waals surface area contributed by atoms with Crippen LogP contribution in [0.5, 0.6) is 11.5 Å². The first-order valence-corrected chi connectivity index (χ1v) is 25.0. The van der Waals surface area contributed by atoms with Gasteiger partial charge in [0.05, 0.1) is 43.9 Å². The molecule has 0 heterocycles. The van der Waals surface area contributed by atoms with Crippen LogP contribution in [0.4, 0.5) is 0 Å². The second-order valence-electron chi connectivity index (χ2n) is 12.3. The fourth-order valence-electron chi connectivity index (χ4n) is 5.20. The van der Waals surface area contributed by atoms with Crippen molar-refractivity contribution in [1.29, 1.82) is 0 Å². The van der Waals surface area contributed by atoms with Gasteiger partial charge in [0.25, 0.3) is 0 Å². The van der Waals surface area contributed by atoms with Crippen molar-refractivity contribution in [1.82, 2.24) is 0 Å². The first kappa shape index (κ1) is 46.5. The molecular weight excluding hydrogens is 1100 g/mol. The molecule has 0 saturated heterocycles. The van der Waals surface area contributed by atoms with Crippen molar-refractivity contribution in [2.75, 3.05) is 31.8 Å². The fourth-order valence-corrected chi connectivity index (χ4v) is 10.6. The molecule has 2 unspecified atom stereocenters. The van der Waals surface area contributed by atoms with Crippen LogP contribution in [-0.2, 0) is 14.6 Å². The van der Waals surface area contributed by atoms with Crippen molar-refractivity contribution in [2.24, 2.45) is 0 Å². The predicted molar refractivity (Wildman–Crippen MR) is 230 cm³/mol. The molecular formula is C36H51Br7O5S. The standard InChI is InChI=1S/C36H51Br7O5S/c1-2-3-4-5-6-7-8-9-10-11-12-13-14-15-16-17-18-46-24-28(39)26-48-36-33(42)21-30(22-34(36)43)49(44,45)29-19-31(40)35(32(41)20-29)47-25-27(38)23-37/h19-22,27-28H,2-18,23-26H2,1H3. The summed E-state index contributed by atoms with van der Waals surface area (Å²) in [5.74, 6) is 1.07. The highest BCUT2D eigenvalue weighted by Crippen LogP contribution is 2.41. The number of halogens is 7. The molecule has 0 radical (unpaired) electrons. The van der Waals surface area contributed by atoms with E-state index < -0.39 is 9.84 Å². The lowest BCUT2D eigenvalue weighted by molar-refractivity contribution is 0.121. The summed E-state index contributed by atoms with van der Waals surface area (Å²) in [5.41, 5.74) is 0. The van der Waals surface area contributed by atoms with E-state index in [1.807, 2.05) is 0 Å². The Labute approximate surface area is 354 Å². The van der Waals surface area contributed by atoms with Crippen LogP contribution in [0.2, 0.25) is 0 Å². The van der Waals surface area contributed by atoms with Gasteiger partial charge in [-0.25, -0.2) is 8.42 Å². The summed E-state index contributed by atoms with van der Waals surface area (Å²) in [7, 11) is -3.84. The minimum absolute atomic E-state index is 0.000507. The third-order valence-electron chi connectivity index (χ3n) is 7.99. The molecule has 0 N–H and O–H groups in total. The van der Waals surface area contributed by atoms with Gasteiger partial charge >= 0.3 is 0 Å². The lowest BCUT2D eigenvalue weighted by Crippen LogP contribution is -2.18. The molecule has 0 bridgehead atoms. The Balaban J connectivity index is 1.66. The summed E-state index contributed by atoms with van der Waals surface area (Å²) in [4.78, 5) is 0.374. The van der Waals surface area contributed by atoms with Crippen molar-refractivity contribution < 1.29 is 22.6 Å². The van der Waals surface area contributed by atoms with Gasteiger partial charge in [-0.2, -0.15) is 0 Å². The van der Waals surface area contributed by atoms with Crippen molar-refractivity contribution >= 4 is 121 Å². The van der Waals surface area contributed by atoms with E-state index in [2.05, 4.69) is 118 Å². The van der Waals surface area contributed by atoms with E-state index in [1.54, 1.807) is 24.3 Å². The van der Waals surface area contributed by atoms with Crippen molar-refractivity contribution in [3.63, 3.8) is 0 Å². The summed E-state index contributed by atoms with van der Waals surface area (Å²) in [6.45, 7) is 4.34. The summed E-state index contributed by atoms with van der Waals surface area (Å²) in [6, 6.07) is 6.22. The molecule has 2 atom stereocenters. The average molecular weight is 1160 g/mol. The van der Waals surface area contributed by atoms with Gasteiger partial charge in [0.1, 0.15) is 24.7 Å². The summed E-state index contributed by atoms with van der Waals surface area (Å²) in [5, 5.41) is 0.724. The normalized spacial score (nSPS) is 13.1. The molecule has 0 aliphatic rings. The zero-order valence-electron chi connectivity index (χ0n) is 28.4. The van der Waals surface area contributed by atoms with Crippen LogP contribution in [0.15, 0.2) is 51.9 Å². The molecule has 0 amide bonds. The van der Waals surface area contributed by atoms with Crippen LogP contribution < -0.4 is 9.47 Å². The molecule has 0 aliphatic heterocycles. The van der Waals surface area contributed by atoms with Gasteiger partial charge < -0.3 is 14.2 Å². The van der Waals surface area contributed by atoms with Gasteiger partial charge in [0, 0.05) is 11.9 Å². The van der Waals surface area contributed by atoms with Crippen molar-refractivity contribution in [2.45, 2.75) is 129 Å². The smallest absolute Gasteiger partial charge is 0.206 e. The van der Waals surface area contributed by atoms with E-state index >= 15 is 0 Å². The SMILES string of the molecule is CCCCCCCCCCCCCCCCCCOCC(Br)COc1c(Br)cc(S(=O)(=O)c2cc(Br)c(OCC(Br)CBr)c(Br)c2)cc1Br. The molecule has 0 saturated carbocycles. The lowest BCUT2D eigenvalue weighted by Gasteiger charge is -2.16. The monoisotopic (exact) mass is 1150 g/mol. The first-order chi connectivity index (χ1) is 23.5. The van der Waals surface area contributed by atoms with Crippen LogP contribution in [0.1, 0.15) is 110 Å². The van der Waals surface area contributed by atoms with Crippen LogP contribution in [-0.4, -0.2) is 49.8 Å². The summed E-state index contributed by atoms with van der Waals surface area (Å²) >= 11 is 24.5. The zero-order chi connectivity index (χ0) is 36.1. The molecule has 0 fully saturated rings. The van der Waals surface area contributed by atoms with Gasteiger partial charge in [0.15, 0.2) is 0 Å². The topological polar surface area (TPSA) is 61.8 Å². The van der Waals surface area contributed by atoms with Gasteiger partial charge in [0.2, 0.25) is 9.84 Å². The van der Waals surface area contributed by atoms with E-state index in [4.69, 9.17) is 14.2 Å². The fraction of sp³-hybridized carbons (Fsp3) is 0.667. The number of ether oxygens (including phenoxy) is 3. The maximum absolute atomic E-state index is 13.6. The maximum atomic E-state index is 13.6. The van der Waals surface area contributed by atoms with E-state index in [0.29, 0.717) is 49.2 Å². The zero-order valence-corrected chi connectivity index (χ0v) is 40.3. The number of hydrogen-bond donors (Lipinski definition) is 0. The Hall–Kier alpha value is 1.31. The van der Waals surface area contributed by atoms with Gasteiger partial charge in [-0.15, -0.1) is 0 Å². The minimum atomic E-state index is -3.84. The number of rotatable bonds is 28. The largest absolute Gasteiger partial charge is 0.490 e. The third kappa shape index (κ3) is 18.5. The number of hydrogen-bond acceptors (Lipinski definition) is 5. The Kier molecular flexibility index (Phi) is 25.6. The van der Waals surface area contributed by atoms with Gasteiger partial charge in [-0.1, -0.05) is 151 Å². The highest BCUT2D eigenvalue weighted by atomic mass is 79.9. The van der Waals surface area contributed by atoms with E-state index in [0.717, 1.165) is 18.4 Å². The van der Waals surface area contributed by atoms with Crippen molar-refractivity contribution in [3.8, 4) is 11.5 Å². The highest BCUT2D eigenvalue weighted by Gasteiger charge is 2.24. The molecule has 0 spiro atoms. The Morgan fingerprint density at radius 1 is 0.551 bits per heavy atom. The molecule has 13 heteroatoms. The van der Waals surface area contributed by atoms with Crippen LogP contribution in [0, 0.1) is 0 Å². The third-order valence-corrected chi connectivity index (χ3v) is 14.8. The van der Waals surface area contributed by atoms with Crippen molar-refractivity contribution in [3.05, 3.63) is 42.2 Å². The van der Waals surface area contributed by atoms with Gasteiger partial charge in [-0.3, -0.25) is 0 Å². The second-order valence-corrected chi connectivity index (χ2v) is 20.9. The summed E-state index contributed by atoms with van der Waals surface area (Å²) < 4.78 is 47.1. The van der Waals surface area contributed by atoms with Crippen LogP contribution in [0.25, 0.3) is 0 Å². The molecule has 0 aromatic heterocycles. The minimum Gasteiger partial charge on any atom is -0.490 e. The van der Waals surface area contributed by atoms with E-state index in [1.165, 1.54) is 96.3 Å². The predicted octanol–water partition coefficient (Wildman–Crippen LogP) is 14.5. The molecule has 2 aromatic rings. The van der Waals surface area contributed by atoms with Gasteiger partial charge in [-0.05, 0) is 94.4 Å². The van der Waals surface area contributed by atoms with E-state index in [-0.39, 0.29) is 19.4 Å². The molecule has 280 valence electrons. The molecule has 49 heavy (non-hydrogen) atoms.